The van der Waals surface area contributed by atoms with E-state index >= 15 is 0 Å². The van der Waals surface area contributed by atoms with Gasteiger partial charge >= 0.3 is 0 Å². The van der Waals surface area contributed by atoms with Crippen molar-refractivity contribution in [2.24, 2.45) is 0 Å². The topological polar surface area (TPSA) is 67.7 Å². The maximum atomic E-state index is 9.08. The summed E-state index contributed by atoms with van der Waals surface area (Å²) in [5, 5.41) is 14.6. The SMILES string of the molecule is N#Cc1ccc2nc(N3CCNCC3)c3cc[nH]c3c2c1. The fourth-order valence-electron chi connectivity index (χ4n) is 2.97. The summed E-state index contributed by atoms with van der Waals surface area (Å²) in [4.78, 5) is 10.5. The molecule has 0 amide bonds. The van der Waals surface area contributed by atoms with Crippen LogP contribution in [0.2, 0.25) is 0 Å². The zero-order valence-corrected chi connectivity index (χ0v) is 11.6. The highest BCUT2D eigenvalue weighted by Crippen LogP contribution is 2.31. The second-order valence-electron chi connectivity index (χ2n) is 5.28. The van der Waals surface area contributed by atoms with Gasteiger partial charge in [0.25, 0.3) is 0 Å². The third kappa shape index (κ3) is 1.92. The quantitative estimate of drug-likeness (QED) is 0.714. The molecular weight excluding hydrogens is 262 g/mol. The number of nitrogens with one attached hydrogen (secondary N) is 2. The van der Waals surface area contributed by atoms with Crippen molar-refractivity contribution >= 4 is 27.6 Å². The first-order chi connectivity index (χ1) is 10.4. The van der Waals surface area contributed by atoms with Crippen molar-refractivity contribution in [2.75, 3.05) is 31.1 Å². The van der Waals surface area contributed by atoms with Gasteiger partial charge in [0.1, 0.15) is 5.82 Å². The third-order valence-electron chi connectivity index (χ3n) is 4.03. The molecule has 3 heterocycles. The molecule has 104 valence electrons. The molecule has 5 nitrogen and oxygen atoms in total. The maximum absolute atomic E-state index is 9.08. The number of hydrogen-bond acceptors (Lipinski definition) is 4. The first-order valence-electron chi connectivity index (χ1n) is 7.13. The summed E-state index contributed by atoms with van der Waals surface area (Å²) in [7, 11) is 0. The lowest BCUT2D eigenvalue weighted by atomic mass is 10.1. The molecule has 0 aliphatic carbocycles. The number of aromatic nitrogens is 2. The number of aromatic amines is 1. The molecule has 3 aromatic rings. The number of piperazine rings is 1. The molecule has 1 fully saturated rings. The Kier molecular flexibility index (Phi) is 2.76. The van der Waals surface area contributed by atoms with E-state index < -0.39 is 0 Å². The van der Waals surface area contributed by atoms with Crippen molar-refractivity contribution in [3.8, 4) is 6.07 Å². The van der Waals surface area contributed by atoms with Gasteiger partial charge in [0.2, 0.25) is 0 Å². The summed E-state index contributed by atoms with van der Waals surface area (Å²) in [5.41, 5.74) is 2.65. The van der Waals surface area contributed by atoms with Crippen LogP contribution in [0, 0.1) is 11.3 Å². The number of pyridine rings is 1. The highest BCUT2D eigenvalue weighted by Gasteiger charge is 2.17. The van der Waals surface area contributed by atoms with E-state index in [-0.39, 0.29) is 0 Å². The third-order valence-corrected chi connectivity index (χ3v) is 4.03. The molecule has 4 rings (SSSR count). The molecule has 1 aliphatic heterocycles. The molecule has 0 unspecified atom stereocenters. The van der Waals surface area contributed by atoms with E-state index in [9.17, 15) is 0 Å². The van der Waals surface area contributed by atoms with Gasteiger partial charge in [0, 0.05) is 43.1 Å². The summed E-state index contributed by atoms with van der Waals surface area (Å²) < 4.78 is 0. The summed E-state index contributed by atoms with van der Waals surface area (Å²) in [6.45, 7) is 3.90. The van der Waals surface area contributed by atoms with E-state index in [1.54, 1.807) is 0 Å². The Morgan fingerprint density at radius 1 is 1.14 bits per heavy atom. The minimum Gasteiger partial charge on any atom is -0.361 e. The Hall–Kier alpha value is -2.58. The van der Waals surface area contributed by atoms with Crippen LogP contribution in [0.3, 0.4) is 0 Å². The zero-order valence-electron chi connectivity index (χ0n) is 11.6. The number of hydrogen-bond donors (Lipinski definition) is 2. The van der Waals surface area contributed by atoms with Crippen LogP contribution < -0.4 is 10.2 Å². The van der Waals surface area contributed by atoms with Crippen LogP contribution in [-0.4, -0.2) is 36.1 Å². The van der Waals surface area contributed by atoms with Crippen molar-refractivity contribution < 1.29 is 0 Å². The van der Waals surface area contributed by atoms with Gasteiger partial charge in [0.15, 0.2) is 0 Å². The van der Waals surface area contributed by atoms with Crippen LogP contribution in [0.5, 0.6) is 0 Å². The average Bonchev–Trinajstić information content (AvgIpc) is 3.04. The van der Waals surface area contributed by atoms with Crippen molar-refractivity contribution in [2.45, 2.75) is 0 Å². The Morgan fingerprint density at radius 2 is 2.00 bits per heavy atom. The van der Waals surface area contributed by atoms with Crippen LogP contribution >= 0.6 is 0 Å². The van der Waals surface area contributed by atoms with Crippen LogP contribution in [0.15, 0.2) is 30.5 Å². The van der Waals surface area contributed by atoms with Gasteiger partial charge in [-0.1, -0.05) is 0 Å². The predicted octanol–water partition coefficient (Wildman–Crippen LogP) is 2.00. The van der Waals surface area contributed by atoms with Gasteiger partial charge in [-0.2, -0.15) is 5.26 Å². The summed E-state index contributed by atoms with van der Waals surface area (Å²) in [6, 6.07) is 9.92. The monoisotopic (exact) mass is 277 g/mol. The van der Waals surface area contributed by atoms with Gasteiger partial charge in [0.05, 0.1) is 22.7 Å². The molecule has 1 aliphatic rings. The number of H-pyrrole nitrogens is 1. The Labute approximate surface area is 122 Å². The number of nitrogens with zero attached hydrogens (tertiary/aromatic N) is 3. The van der Waals surface area contributed by atoms with Crippen LogP contribution in [0.1, 0.15) is 5.56 Å². The smallest absolute Gasteiger partial charge is 0.138 e. The van der Waals surface area contributed by atoms with Gasteiger partial charge < -0.3 is 15.2 Å². The van der Waals surface area contributed by atoms with Gasteiger partial charge in [-0.25, -0.2) is 4.98 Å². The first kappa shape index (κ1) is 12.2. The molecule has 0 radical (unpaired) electrons. The molecule has 0 spiro atoms. The standard InChI is InChI=1S/C16H15N5/c17-10-11-1-2-14-13(9-11)15-12(3-4-19-15)16(20-14)21-7-5-18-6-8-21/h1-4,9,18-19H,5-8H2. The molecule has 2 aromatic heterocycles. The lowest BCUT2D eigenvalue weighted by Crippen LogP contribution is -2.43. The van der Waals surface area contributed by atoms with E-state index in [0.29, 0.717) is 5.56 Å². The molecule has 1 saturated heterocycles. The number of anilines is 1. The molecule has 5 heteroatoms. The second kappa shape index (κ2) is 4.76. The predicted molar refractivity (Wildman–Crippen MR) is 83.4 cm³/mol. The van der Waals surface area contributed by atoms with Gasteiger partial charge in [-0.3, -0.25) is 0 Å². The minimum atomic E-state index is 0.662. The van der Waals surface area contributed by atoms with Gasteiger partial charge in [-0.15, -0.1) is 0 Å². The number of rotatable bonds is 1. The molecule has 0 saturated carbocycles. The Bertz CT molecular complexity index is 852. The van der Waals surface area contributed by atoms with Crippen molar-refractivity contribution in [1.82, 2.24) is 15.3 Å². The zero-order chi connectivity index (χ0) is 14.2. The van der Waals surface area contributed by atoms with Crippen LogP contribution in [0.4, 0.5) is 5.82 Å². The summed E-state index contributed by atoms with van der Waals surface area (Å²) in [6.07, 6.45) is 1.94. The second-order valence-corrected chi connectivity index (χ2v) is 5.28. The van der Waals surface area contributed by atoms with Crippen molar-refractivity contribution in [3.05, 3.63) is 36.0 Å². The molecule has 21 heavy (non-hydrogen) atoms. The lowest BCUT2D eigenvalue weighted by molar-refractivity contribution is 0.587. The fraction of sp³-hybridized carbons (Fsp3) is 0.250. The van der Waals surface area contributed by atoms with Crippen LogP contribution in [-0.2, 0) is 0 Å². The number of benzene rings is 1. The first-order valence-corrected chi connectivity index (χ1v) is 7.13. The highest BCUT2D eigenvalue weighted by atomic mass is 15.2. The molecule has 2 N–H and O–H groups in total. The van der Waals surface area contributed by atoms with E-state index in [1.165, 1.54) is 0 Å². The normalized spacial score (nSPS) is 15.5. The Balaban J connectivity index is 1.98. The lowest BCUT2D eigenvalue weighted by Gasteiger charge is -2.29. The van der Waals surface area contributed by atoms with Crippen molar-refractivity contribution in [3.63, 3.8) is 0 Å². The Morgan fingerprint density at radius 3 is 2.81 bits per heavy atom. The van der Waals surface area contributed by atoms with E-state index in [1.807, 2.05) is 24.4 Å². The van der Waals surface area contributed by atoms with E-state index in [2.05, 4.69) is 27.3 Å². The molecule has 0 bridgehead atoms. The molecule has 1 aromatic carbocycles. The van der Waals surface area contributed by atoms with Crippen molar-refractivity contribution in [1.29, 1.82) is 5.26 Å². The average molecular weight is 277 g/mol. The molecule has 0 atom stereocenters. The van der Waals surface area contributed by atoms with E-state index in [4.69, 9.17) is 10.2 Å². The molecular formula is C16H15N5. The summed E-state index contributed by atoms with van der Waals surface area (Å²) in [5.74, 6) is 1.03. The van der Waals surface area contributed by atoms with Crippen LogP contribution in [0.25, 0.3) is 21.8 Å². The summed E-state index contributed by atoms with van der Waals surface area (Å²) >= 11 is 0. The largest absolute Gasteiger partial charge is 0.361 e. The van der Waals surface area contributed by atoms with E-state index in [0.717, 1.165) is 53.8 Å². The number of nitriles is 1. The fourth-order valence-corrected chi connectivity index (χ4v) is 2.97. The number of fused-ring (bicyclic) bond motifs is 3. The maximum Gasteiger partial charge on any atom is 0.138 e. The highest BCUT2D eigenvalue weighted by molar-refractivity contribution is 6.08. The van der Waals surface area contributed by atoms with Gasteiger partial charge in [-0.05, 0) is 24.3 Å². The minimum absolute atomic E-state index is 0.662.